The second-order valence-corrected chi connectivity index (χ2v) is 1.54. The Bertz CT molecular complexity index is 232. The Balaban J connectivity index is 3.06. The van der Waals surface area contributed by atoms with Crippen molar-refractivity contribution in [1.29, 1.82) is 5.26 Å². The third-order valence-corrected chi connectivity index (χ3v) is 0.904. The van der Waals surface area contributed by atoms with E-state index in [9.17, 15) is 4.39 Å². The van der Waals surface area contributed by atoms with Crippen molar-refractivity contribution in [3.05, 3.63) is 35.6 Å². The monoisotopic (exact) mass is 120 g/mol. The smallest absolute Gasteiger partial charge is 0.131 e. The van der Waals surface area contributed by atoms with Crippen LogP contribution < -0.4 is 0 Å². The molecule has 1 aromatic carbocycles. The van der Waals surface area contributed by atoms with Crippen molar-refractivity contribution in [1.82, 2.24) is 0 Å². The highest BCUT2D eigenvalue weighted by Gasteiger charge is 1.88. The summed E-state index contributed by atoms with van der Waals surface area (Å²) in [4.78, 5) is 0. The Morgan fingerprint density at radius 1 is 1.56 bits per heavy atom. The zero-order valence-electron chi connectivity index (χ0n) is 4.56. The van der Waals surface area contributed by atoms with Gasteiger partial charge < -0.3 is 0 Å². The zero-order chi connectivity index (χ0) is 6.69. The third kappa shape index (κ3) is 1.26. The van der Waals surface area contributed by atoms with Crippen LogP contribution >= 0.6 is 0 Å². The molecule has 0 aromatic heterocycles. The molecule has 0 unspecified atom stereocenters. The second-order valence-electron chi connectivity index (χ2n) is 1.54. The topological polar surface area (TPSA) is 23.8 Å². The van der Waals surface area contributed by atoms with E-state index in [1.54, 1.807) is 0 Å². The first-order valence-electron chi connectivity index (χ1n) is 2.40. The minimum atomic E-state index is -0.436. The summed E-state index contributed by atoms with van der Waals surface area (Å²) >= 11 is 0. The zero-order valence-corrected chi connectivity index (χ0v) is 4.56. The molecule has 43 valence electrons. The standard InChI is InChI=1S/C7H3FN/c8-7-3-1-6(5-9)2-4-7/h1-3H. The highest BCUT2D eigenvalue weighted by Crippen LogP contribution is 1.98. The van der Waals surface area contributed by atoms with Crippen molar-refractivity contribution in [3.8, 4) is 6.07 Å². The number of nitrogens with zero attached hydrogens (tertiary/aromatic N) is 1. The predicted molar refractivity (Wildman–Crippen MR) is 30.0 cm³/mol. The molecule has 0 saturated carbocycles. The Morgan fingerprint density at radius 3 is 2.78 bits per heavy atom. The van der Waals surface area contributed by atoms with Crippen molar-refractivity contribution >= 4 is 0 Å². The molecular weight excluding hydrogens is 117 g/mol. The molecule has 0 fully saturated rings. The van der Waals surface area contributed by atoms with Crippen LogP contribution in [0.5, 0.6) is 0 Å². The van der Waals surface area contributed by atoms with Gasteiger partial charge in [-0.25, -0.2) is 4.39 Å². The predicted octanol–water partition coefficient (Wildman–Crippen LogP) is 1.50. The summed E-state index contributed by atoms with van der Waals surface area (Å²) < 4.78 is 12.1. The second kappa shape index (κ2) is 2.27. The molecule has 0 aliphatic carbocycles. The van der Waals surface area contributed by atoms with Crippen molar-refractivity contribution in [3.63, 3.8) is 0 Å². The lowest BCUT2D eigenvalue weighted by Gasteiger charge is -1.84. The fraction of sp³-hybridized carbons (Fsp3) is 0. The molecule has 0 aliphatic heterocycles. The molecule has 1 rings (SSSR count). The fourth-order valence-corrected chi connectivity index (χ4v) is 0.475. The summed E-state index contributed by atoms with van der Waals surface area (Å²) in [7, 11) is 0. The van der Waals surface area contributed by atoms with Gasteiger partial charge in [-0.3, -0.25) is 0 Å². The van der Waals surface area contributed by atoms with E-state index in [2.05, 4.69) is 6.07 Å². The lowest BCUT2D eigenvalue weighted by molar-refractivity contribution is 0.625. The van der Waals surface area contributed by atoms with Crippen LogP contribution in [-0.4, -0.2) is 0 Å². The number of rotatable bonds is 0. The molecule has 0 atom stereocenters. The summed E-state index contributed by atoms with van der Waals surface area (Å²) in [5, 5.41) is 8.24. The molecular formula is C7H3FN. The lowest BCUT2D eigenvalue weighted by atomic mass is 10.2. The van der Waals surface area contributed by atoms with Crippen LogP contribution in [0.4, 0.5) is 4.39 Å². The van der Waals surface area contributed by atoms with Gasteiger partial charge >= 0.3 is 0 Å². The molecule has 0 amide bonds. The molecule has 0 N–H and O–H groups in total. The van der Waals surface area contributed by atoms with Crippen LogP contribution in [0, 0.1) is 23.2 Å². The summed E-state index contributed by atoms with van der Waals surface area (Å²) in [6.45, 7) is 0. The number of benzene rings is 1. The molecule has 0 saturated heterocycles. The SMILES string of the molecule is N#Cc1c[c]c(F)cc1. The Labute approximate surface area is 52.4 Å². The van der Waals surface area contributed by atoms with Gasteiger partial charge in [0.15, 0.2) is 0 Å². The van der Waals surface area contributed by atoms with Gasteiger partial charge in [0.1, 0.15) is 5.82 Å². The van der Waals surface area contributed by atoms with Gasteiger partial charge in [0.25, 0.3) is 0 Å². The maximum atomic E-state index is 12.1. The van der Waals surface area contributed by atoms with E-state index in [0.29, 0.717) is 5.56 Å². The van der Waals surface area contributed by atoms with Gasteiger partial charge in [-0.2, -0.15) is 5.26 Å². The molecule has 9 heavy (non-hydrogen) atoms. The first kappa shape index (κ1) is 5.77. The molecule has 1 radical (unpaired) electrons. The third-order valence-electron chi connectivity index (χ3n) is 0.904. The molecule has 1 aromatic rings. The minimum absolute atomic E-state index is 0.427. The number of hydrogen-bond acceptors (Lipinski definition) is 1. The molecule has 0 spiro atoms. The first-order chi connectivity index (χ1) is 4.33. The van der Waals surface area contributed by atoms with E-state index in [4.69, 9.17) is 5.26 Å². The Kier molecular flexibility index (Phi) is 1.46. The van der Waals surface area contributed by atoms with Gasteiger partial charge in [-0.15, -0.1) is 0 Å². The van der Waals surface area contributed by atoms with Crippen LogP contribution in [0.15, 0.2) is 18.2 Å². The van der Waals surface area contributed by atoms with Gasteiger partial charge in [-0.05, 0) is 18.2 Å². The van der Waals surface area contributed by atoms with E-state index in [1.165, 1.54) is 18.2 Å². The average molecular weight is 120 g/mol. The van der Waals surface area contributed by atoms with E-state index in [-0.39, 0.29) is 0 Å². The van der Waals surface area contributed by atoms with Crippen LogP contribution in [0.2, 0.25) is 0 Å². The van der Waals surface area contributed by atoms with Crippen molar-refractivity contribution in [2.75, 3.05) is 0 Å². The van der Waals surface area contributed by atoms with Gasteiger partial charge in [0.05, 0.1) is 11.6 Å². The van der Waals surface area contributed by atoms with Crippen LogP contribution in [0.3, 0.4) is 0 Å². The van der Waals surface area contributed by atoms with Gasteiger partial charge in [0.2, 0.25) is 0 Å². The summed E-state index contributed by atoms with van der Waals surface area (Å²) in [5.74, 6) is -0.436. The molecule has 2 heteroatoms. The maximum absolute atomic E-state index is 12.1. The van der Waals surface area contributed by atoms with Gasteiger partial charge in [-0.1, -0.05) is 0 Å². The molecule has 0 aliphatic rings. The van der Waals surface area contributed by atoms with Crippen molar-refractivity contribution in [2.24, 2.45) is 0 Å². The highest BCUT2D eigenvalue weighted by atomic mass is 19.1. The average Bonchev–Trinajstić information content (AvgIpc) is 1.90. The summed E-state index contributed by atoms with van der Waals surface area (Å²) in [6.07, 6.45) is 0. The normalized spacial score (nSPS) is 8.44. The number of halogens is 1. The van der Waals surface area contributed by atoms with Crippen LogP contribution in [-0.2, 0) is 0 Å². The minimum Gasteiger partial charge on any atom is -0.206 e. The Morgan fingerprint density at radius 2 is 2.33 bits per heavy atom. The van der Waals surface area contributed by atoms with E-state index in [1.807, 2.05) is 6.07 Å². The van der Waals surface area contributed by atoms with Crippen LogP contribution in [0.25, 0.3) is 0 Å². The Hall–Kier alpha value is -1.36. The van der Waals surface area contributed by atoms with E-state index < -0.39 is 5.82 Å². The quantitative estimate of drug-likeness (QED) is 0.509. The largest absolute Gasteiger partial charge is 0.206 e. The van der Waals surface area contributed by atoms with Gasteiger partial charge in [0, 0.05) is 6.07 Å². The number of hydrogen-bond donors (Lipinski definition) is 0. The van der Waals surface area contributed by atoms with Crippen LogP contribution in [0.1, 0.15) is 5.56 Å². The highest BCUT2D eigenvalue weighted by molar-refractivity contribution is 5.27. The summed E-state index contributed by atoms with van der Waals surface area (Å²) in [5.41, 5.74) is 0.427. The molecule has 0 bridgehead atoms. The van der Waals surface area contributed by atoms with E-state index >= 15 is 0 Å². The van der Waals surface area contributed by atoms with E-state index in [0.717, 1.165) is 0 Å². The lowest BCUT2D eigenvalue weighted by Crippen LogP contribution is -1.74. The fourth-order valence-electron chi connectivity index (χ4n) is 0.475. The van der Waals surface area contributed by atoms with Crippen molar-refractivity contribution < 1.29 is 4.39 Å². The number of nitriles is 1. The molecule has 1 nitrogen and oxygen atoms in total. The molecule has 0 heterocycles. The summed E-state index contributed by atoms with van der Waals surface area (Å²) in [6, 6.07) is 8.05. The van der Waals surface area contributed by atoms with Crippen molar-refractivity contribution in [2.45, 2.75) is 0 Å². The maximum Gasteiger partial charge on any atom is 0.131 e. The first-order valence-corrected chi connectivity index (χ1v) is 2.40.